The van der Waals surface area contributed by atoms with Gasteiger partial charge in [0.1, 0.15) is 0 Å². The molecule has 3 N–H and O–H groups in total. The van der Waals surface area contributed by atoms with E-state index >= 15 is 0 Å². The van der Waals surface area contributed by atoms with E-state index in [1.54, 1.807) is 12.1 Å². The summed E-state index contributed by atoms with van der Waals surface area (Å²) >= 11 is 12.0. The first-order valence-electron chi connectivity index (χ1n) is 5.68. The summed E-state index contributed by atoms with van der Waals surface area (Å²) in [5.74, 6) is 0. The Bertz CT molecular complexity index is 350. The van der Waals surface area contributed by atoms with Crippen LogP contribution in [0.15, 0.2) is 12.1 Å². The van der Waals surface area contributed by atoms with Crippen LogP contribution in [-0.2, 0) is 0 Å². The fourth-order valence-electron chi connectivity index (χ4n) is 2.20. The van der Waals surface area contributed by atoms with Crippen molar-refractivity contribution in [2.75, 3.05) is 11.1 Å². The summed E-state index contributed by atoms with van der Waals surface area (Å²) in [6, 6.07) is 3.96. The van der Waals surface area contributed by atoms with Gasteiger partial charge in [0, 0.05) is 11.1 Å². The van der Waals surface area contributed by atoms with Crippen LogP contribution in [0.5, 0.6) is 0 Å². The maximum Gasteiger partial charge on any atom is 0.0766 e. The second-order valence-corrected chi connectivity index (χ2v) is 5.17. The largest absolute Gasteiger partial charge is 0.397 e. The number of rotatable bonds is 2. The van der Waals surface area contributed by atoms with Gasteiger partial charge in [-0.1, -0.05) is 42.5 Å². The summed E-state index contributed by atoms with van der Waals surface area (Å²) in [7, 11) is 0. The van der Waals surface area contributed by atoms with Crippen molar-refractivity contribution in [1.82, 2.24) is 0 Å². The van der Waals surface area contributed by atoms with Gasteiger partial charge in [0.25, 0.3) is 0 Å². The van der Waals surface area contributed by atoms with Crippen molar-refractivity contribution in [1.29, 1.82) is 0 Å². The number of nitrogens with one attached hydrogen (secondary N) is 1. The molecule has 0 aliphatic heterocycles. The van der Waals surface area contributed by atoms with E-state index in [0.29, 0.717) is 21.8 Å². The van der Waals surface area contributed by atoms with Crippen LogP contribution < -0.4 is 11.1 Å². The molecule has 0 amide bonds. The predicted octanol–water partition coefficient (Wildman–Crippen LogP) is 4.32. The van der Waals surface area contributed by atoms with E-state index in [1.165, 1.54) is 32.1 Å². The zero-order valence-corrected chi connectivity index (χ0v) is 10.6. The molecule has 0 bridgehead atoms. The van der Waals surface area contributed by atoms with Crippen molar-refractivity contribution >= 4 is 34.6 Å². The first-order valence-corrected chi connectivity index (χ1v) is 6.43. The number of nitrogens with two attached hydrogens (primary N) is 1. The van der Waals surface area contributed by atoms with Gasteiger partial charge in [-0.25, -0.2) is 0 Å². The standard InChI is InChI=1S/C12H16Cl2N2/c13-8-6-10(14)12(11(15)7-8)16-9-4-2-1-3-5-9/h6-7,9,16H,1-5,15H2. The van der Waals surface area contributed by atoms with Gasteiger partial charge in [0.15, 0.2) is 0 Å². The number of nitrogen functional groups attached to an aromatic ring is 1. The van der Waals surface area contributed by atoms with Gasteiger partial charge in [-0.15, -0.1) is 0 Å². The molecule has 0 atom stereocenters. The van der Waals surface area contributed by atoms with Crippen LogP contribution >= 0.6 is 23.2 Å². The summed E-state index contributed by atoms with van der Waals surface area (Å²) in [6.45, 7) is 0. The highest BCUT2D eigenvalue weighted by molar-refractivity contribution is 6.37. The van der Waals surface area contributed by atoms with Crippen LogP contribution in [0.3, 0.4) is 0 Å². The minimum absolute atomic E-state index is 0.495. The average Bonchev–Trinajstić information content (AvgIpc) is 2.25. The summed E-state index contributed by atoms with van der Waals surface area (Å²) in [5, 5.41) is 4.62. The molecule has 1 fully saturated rings. The van der Waals surface area contributed by atoms with Gasteiger partial charge in [-0.2, -0.15) is 0 Å². The van der Waals surface area contributed by atoms with Crippen molar-refractivity contribution in [3.63, 3.8) is 0 Å². The molecule has 0 unspecified atom stereocenters. The van der Waals surface area contributed by atoms with Crippen molar-refractivity contribution in [3.05, 3.63) is 22.2 Å². The molecule has 1 aliphatic carbocycles. The van der Waals surface area contributed by atoms with E-state index in [-0.39, 0.29) is 0 Å². The van der Waals surface area contributed by atoms with Crippen molar-refractivity contribution in [3.8, 4) is 0 Å². The molecule has 1 saturated carbocycles. The summed E-state index contributed by atoms with van der Waals surface area (Å²) in [5.41, 5.74) is 7.37. The third-order valence-electron chi connectivity index (χ3n) is 3.04. The second kappa shape index (κ2) is 5.15. The molecule has 0 radical (unpaired) electrons. The predicted molar refractivity (Wildman–Crippen MR) is 71.4 cm³/mol. The fourth-order valence-corrected chi connectivity index (χ4v) is 2.76. The van der Waals surface area contributed by atoms with Crippen LogP contribution in [0, 0.1) is 0 Å². The van der Waals surface area contributed by atoms with Gasteiger partial charge in [0.2, 0.25) is 0 Å². The molecule has 1 aromatic carbocycles. The number of benzene rings is 1. The first kappa shape index (κ1) is 11.9. The average molecular weight is 259 g/mol. The Balaban J connectivity index is 2.14. The third-order valence-corrected chi connectivity index (χ3v) is 3.56. The van der Waals surface area contributed by atoms with Crippen LogP contribution in [0.4, 0.5) is 11.4 Å². The van der Waals surface area contributed by atoms with Crippen molar-refractivity contribution in [2.45, 2.75) is 38.1 Å². The minimum atomic E-state index is 0.495. The van der Waals surface area contributed by atoms with E-state index < -0.39 is 0 Å². The third kappa shape index (κ3) is 2.74. The smallest absolute Gasteiger partial charge is 0.0766 e. The number of hydrogen-bond donors (Lipinski definition) is 2. The molecule has 0 aromatic heterocycles. The number of anilines is 2. The number of hydrogen-bond acceptors (Lipinski definition) is 2. The van der Waals surface area contributed by atoms with E-state index in [1.807, 2.05) is 0 Å². The van der Waals surface area contributed by atoms with Gasteiger partial charge in [-0.3, -0.25) is 0 Å². The van der Waals surface area contributed by atoms with E-state index in [2.05, 4.69) is 5.32 Å². The topological polar surface area (TPSA) is 38.0 Å². The summed E-state index contributed by atoms with van der Waals surface area (Å²) in [6.07, 6.45) is 6.28. The Morgan fingerprint density at radius 2 is 1.81 bits per heavy atom. The highest BCUT2D eigenvalue weighted by Crippen LogP contribution is 2.34. The Labute approximate surface area is 106 Å². The lowest BCUT2D eigenvalue weighted by molar-refractivity contribution is 0.463. The lowest BCUT2D eigenvalue weighted by atomic mass is 9.95. The maximum absolute atomic E-state index is 6.13. The van der Waals surface area contributed by atoms with Crippen LogP contribution in [0.2, 0.25) is 10.0 Å². The Kier molecular flexibility index (Phi) is 3.82. The molecule has 16 heavy (non-hydrogen) atoms. The van der Waals surface area contributed by atoms with Crippen molar-refractivity contribution < 1.29 is 0 Å². The van der Waals surface area contributed by atoms with Gasteiger partial charge in [0.05, 0.1) is 16.4 Å². The quantitative estimate of drug-likeness (QED) is 0.776. The molecule has 1 aromatic rings. The number of halogens is 2. The Hall–Kier alpha value is -0.600. The monoisotopic (exact) mass is 258 g/mol. The van der Waals surface area contributed by atoms with E-state index in [9.17, 15) is 0 Å². The Morgan fingerprint density at radius 3 is 2.44 bits per heavy atom. The maximum atomic E-state index is 6.13. The summed E-state index contributed by atoms with van der Waals surface area (Å²) < 4.78 is 0. The first-order chi connectivity index (χ1) is 7.66. The van der Waals surface area contributed by atoms with Crippen LogP contribution in [0.1, 0.15) is 32.1 Å². The highest BCUT2D eigenvalue weighted by Gasteiger charge is 2.16. The van der Waals surface area contributed by atoms with Gasteiger partial charge in [-0.05, 0) is 25.0 Å². The Morgan fingerprint density at radius 1 is 1.12 bits per heavy atom. The zero-order valence-electron chi connectivity index (χ0n) is 9.10. The van der Waals surface area contributed by atoms with Gasteiger partial charge < -0.3 is 11.1 Å². The van der Waals surface area contributed by atoms with Gasteiger partial charge >= 0.3 is 0 Å². The molecule has 1 aliphatic rings. The van der Waals surface area contributed by atoms with E-state index in [4.69, 9.17) is 28.9 Å². The molecular weight excluding hydrogens is 243 g/mol. The van der Waals surface area contributed by atoms with Crippen LogP contribution in [0.25, 0.3) is 0 Å². The normalized spacial score (nSPS) is 17.4. The molecule has 88 valence electrons. The molecule has 0 heterocycles. The minimum Gasteiger partial charge on any atom is -0.397 e. The summed E-state index contributed by atoms with van der Waals surface area (Å²) in [4.78, 5) is 0. The molecule has 2 nitrogen and oxygen atoms in total. The molecule has 0 spiro atoms. The molecule has 2 rings (SSSR count). The SMILES string of the molecule is Nc1cc(Cl)cc(Cl)c1NC1CCCCC1. The van der Waals surface area contributed by atoms with E-state index in [0.717, 1.165) is 5.69 Å². The molecular formula is C12H16Cl2N2. The lowest BCUT2D eigenvalue weighted by Gasteiger charge is -2.25. The highest BCUT2D eigenvalue weighted by atomic mass is 35.5. The zero-order chi connectivity index (χ0) is 11.5. The lowest BCUT2D eigenvalue weighted by Crippen LogP contribution is -2.23. The molecule has 4 heteroatoms. The fraction of sp³-hybridized carbons (Fsp3) is 0.500. The van der Waals surface area contributed by atoms with Crippen molar-refractivity contribution in [2.24, 2.45) is 0 Å². The molecule has 0 saturated heterocycles. The van der Waals surface area contributed by atoms with Crippen LogP contribution in [-0.4, -0.2) is 6.04 Å². The second-order valence-electron chi connectivity index (χ2n) is 4.33.